The van der Waals surface area contributed by atoms with Gasteiger partial charge in [0.05, 0.1) is 12.2 Å². The van der Waals surface area contributed by atoms with E-state index in [0.29, 0.717) is 0 Å². The second-order valence-corrected chi connectivity index (χ2v) is 5.32. The van der Waals surface area contributed by atoms with Gasteiger partial charge >= 0.3 is 0 Å². The van der Waals surface area contributed by atoms with Crippen molar-refractivity contribution in [1.29, 1.82) is 0 Å². The third kappa shape index (κ3) is 3.28. The fourth-order valence-electron chi connectivity index (χ4n) is 2.51. The molecule has 1 aromatic carbocycles. The van der Waals surface area contributed by atoms with Crippen molar-refractivity contribution < 1.29 is 9.53 Å². The van der Waals surface area contributed by atoms with Gasteiger partial charge in [-0.15, -0.1) is 0 Å². The Bertz CT molecular complexity index is 456. The number of ketones is 1. The van der Waals surface area contributed by atoms with Crippen LogP contribution in [0.1, 0.15) is 50.4 Å². The maximum atomic E-state index is 11.5. The summed E-state index contributed by atoms with van der Waals surface area (Å²) in [4.78, 5) is 13.9. The van der Waals surface area contributed by atoms with Crippen molar-refractivity contribution >= 4 is 11.5 Å². The molecule has 1 aliphatic heterocycles. The smallest absolute Gasteiger partial charge is 0.159 e. The summed E-state index contributed by atoms with van der Waals surface area (Å²) in [7, 11) is 0. The zero-order valence-electron chi connectivity index (χ0n) is 12.1. The van der Waals surface area contributed by atoms with E-state index in [0.717, 1.165) is 30.1 Å². The van der Waals surface area contributed by atoms with E-state index in [-0.39, 0.29) is 11.9 Å². The highest BCUT2D eigenvalue weighted by molar-refractivity contribution is 5.95. The normalized spacial score (nSPS) is 17.8. The van der Waals surface area contributed by atoms with E-state index in [9.17, 15) is 4.79 Å². The Morgan fingerprint density at radius 1 is 1.42 bits per heavy atom. The molecule has 1 aliphatic rings. The number of hydrogen-bond acceptors (Lipinski definition) is 3. The van der Waals surface area contributed by atoms with Crippen LogP contribution in [0.3, 0.4) is 0 Å². The van der Waals surface area contributed by atoms with Gasteiger partial charge in [-0.25, -0.2) is 0 Å². The SMILES string of the molecule is CCCCCN1CC(C)Oc2ccc(C(C)=O)cc21. The van der Waals surface area contributed by atoms with Crippen molar-refractivity contribution in [2.45, 2.75) is 46.1 Å². The van der Waals surface area contributed by atoms with Crippen LogP contribution in [0.5, 0.6) is 5.75 Å². The van der Waals surface area contributed by atoms with Crippen molar-refractivity contribution in [3.05, 3.63) is 23.8 Å². The summed E-state index contributed by atoms with van der Waals surface area (Å²) in [6.07, 6.45) is 3.86. The van der Waals surface area contributed by atoms with Crippen LogP contribution in [0.2, 0.25) is 0 Å². The molecule has 0 bridgehead atoms. The second-order valence-electron chi connectivity index (χ2n) is 5.32. The number of carbonyl (C=O) groups is 1. The third-order valence-electron chi connectivity index (χ3n) is 3.54. The van der Waals surface area contributed by atoms with Gasteiger partial charge in [0.1, 0.15) is 11.9 Å². The number of nitrogens with zero attached hydrogens (tertiary/aromatic N) is 1. The Labute approximate surface area is 115 Å². The monoisotopic (exact) mass is 261 g/mol. The van der Waals surface area contributed by atoms with Gasteiger partial charge in [0.25, 0.3) is 0 Å². The molecule has 0 saturated heterocycles. The maximum Gasteiger partial charge on any atom is 0.159 e. The lowest BCUT2D eigenvalue weighted by atomic mass is 10.1. The number of Topliss-reactive ketones (excluding diaryl/α,β-unsaturated/α-hetero) is 1. The topological polar surface area (TPSA) is 29.5 Å². The predicted octanol–water partition coefficient (Wildman–Crippen LogP) is 3.67. The van der Waals surface area contributed by atoms with Crippen molar-refractivity contribution in [2.24, 2.45) is 0 Å². The van der Waals surface area contributed by atoms with Crippen molar-refractivity contribution in [3.8, 4) is 5.75 Å². The summed E-state index contributed by atoms with van der Waals surface area (Å²) >= 11 is 0. The van der Waals surface area contributed by atoms with Gasteiger partial charge in [0.15, 0.2) is 5.78 Å². The van der Waals surface area contributed by atoms with Gasteiger partial charge in [-0.3, -0.25) is 4.79 Å². The molecule has 0 aromatic heterocycles. The number of hydrogen-bond donors (Lipinski definition) is 0. The summed E-state index contributed by atoms with van der Waals surface area (Å²) in [6, 6.07) is 5.74. The molecule has 19 heavy (non-hydrogen) atoms. The van der Waals surface area contributed by atoms with Crippen LogP contribution >= 0.6 is 0 Å². The lowest BCUT2D eigenvalue weighted by Gasteiger charge is -2.35. The molecule has 3 nitrogen and oxygen atoms in total. The predicted molar refractivity (Wildman–Crippen MR) is 78.3 cm³/mol. The number of carbonyl (C=O) groups excluding carboxylic acids is 1. The Morgan fingerprint density at radius 3 is 2.89 bits per heavy atom. The van der Waals surface area contributed by atoms with Gasteiger partial charge in [-0.05, 0) is 38.5 Å². The first-order valence-corrected chi connectivity index (χ1v) is 7.18. The Balaban J connectivity index is 2.22. The molecular weight excluding hydrogens is 238 g/mol. The number of anilines is 1. The van der Waals surface area contributed by atoms with Gasteiger partial charge in [-0.1, -0.05) is 19.8 Å². The minimum atomic E-state index is 0.106. The number of fused-ring (bicyclic) bond motifs is 1. The maximum absolute atomic E-state index is 11.5. The zero-order valence-corrected chi connectivity index (χ0v) is 12.1. The highest BCUT2D eigenvalue weighted by Crippen LogP contribution is 2.34. The average molecular weight is 261 g/mol. The first-order chi connectivity index (χ1) is 9.11. The molecule has 0 fully saturated rings. The van der Waals surface area contributed by atoms with E-state index in [1.54, 1.807) is 6.92 Å². The van der Waals surface area contributed by atoms with Crippen LogP contribution in [0, 0.1) is 0 Å². The third-order valence-corrected chi connectivity index (χ3v) is 3.54. The Morgan fingerprint density at radius 2 is 2.21 bits per heavy atom. The number of ether oxygens (including phenoxy) is 1. The van der Waals surface area contributed by atoms with E-state index >= 15 is 0 Å². The van der Waals surface area contributed by atoms with Crippen LogP contribution in [0.15, 0.2) is 18.2 Å². The summed E-state index contributed by atoms with van der Waals surface area (Å²) < 4.78 is 5.85. The van der Waals surface area contributed by atoms with Crippen LogP contribution < -0.4 is 9.64 Å². The molecular formula is C16H23NO2. The van der Waals surface area contributed by atoms with E-state index in [4.69, 9.17) is 4.74 Å². The molecule has 0 radical (unpaired) electrons. The van der Waals surface area contributed by atoms with E-state index in [1.807, 2.05) is 18.2 Å². The van der Waals surface area contributed by atoms with Crippen molar-refractivity contribution in [2.75, 3.05) is 18.0 Å². The van der Waals surface area contributed by atoms with Crippen LogP contribution in [-0.4, -0.2) is 25.0 Å². The first kappa shape index (κ1) is 13.9. The minimum Gasteiger partial charge on any atom is -0.487 e. The number of benzene rings is 1. The largest absolute Gasteiger partial charge is 0.487 e. The molecule has 1 aromatic rings. The molecule has 0 saturated carbocycles. The summed E-state index contributed by atoms with van der Waals surface area (Å²) in [5.41, 5.74) is 1.83. The minimum absolute atomic E-state index is 0.106. The van der Waals surface area contributed by atoms with Gasteiger partial charge in [0, 0.05) is 12.1 Å². The standard InChI is InChI=1S/C16H23NO2/c1-4-5-6-9-17-11-12(2)19-16-8-7-14(13(3)18)10-15(16)17/h7-8,10,12H,4-6,9,11H2,1-3H3. The van der Waals surface area contributed by atoms with E-state index in [2.05, 4.69) is 18.7 Å². The van der Waals surface area contributed by atoms with Gasteiger partial charge in [0.2, 0.25) is 0 Å². The molecule has 1 unspecified atom stereocenters. The van der Waals surface area contributed by atoms with Crippen LogP contribution in [0.4, 0.5) is 5.69 Å². The molecule has 104 valence electrons. The highest BCUT2D eigenvalue weighted by Gasteiger charge is 2.23. The number of unbranched alkanes of at least 4 members (excludes halogenated alkanes) is 2. The molecule has 0 spiro atoms. The first-order valence-electron chi connectivity index (χ1n) is 7.18. The zero-order chi connectivity index (χ0) is 13.8. The molecule has 3 heteroatoms. The average Bonchev–Trinajstić information content (AvgIpc) is 2.38. The van der Waals surface area contributed by atoms with Crippen LogP contribution in [0.25, 0.3) is 0 Å². The lowest BCUT2D eigenvalue weighted by Crippen LogP contribution is -2.39. The van der Waals surface area contributed by atoms with Gasteiger partial charge < -0.3 is 9.64 Å². The molecule has 2 rings (SSSR count). The molecule has 0 N–H and O–H groups in total. The summed E-state index contributed by atoms with van der Waals surface area (Å²) in [6.45, 7) is 7.85. The highest BCUT2D eigenvalue weighted by atomic mass is 16.5. The summed E-state index contributed by atoms with van der Waals surface area (Å²) in [5, 5.41) is 0. The Kier molecular flexibility index (Phi) is 4.46. The fraction of sp³-hybridized carbons (Fsp3) is 0.562. The second kappa shape index (κ2) is 6.09. The van der Waals surface area contributed by atoms with E-state index < -0.39 is 0 Å². The van der Waals surface area contributed by atoms with Crippen LogP contribution in [-0.2, 0) is 0 Å². The molecule has 0 amide bonds. The Hall–Kier alpha value is -1.51. The number of rotatable bonds is 5. The van der Waals surface area contributed by atoms with Crippen molar-refractivity contribution in [3.63, 3.8) is 0 Å². The van der Waals surface area contributed by atoms with Crippen molar-refractivity contribution in [1.82, 2.24) is 0 Å². The van der Waals surface area contributed by atoms with E-state index in [1.165, 1.54) is 19.3 Å². The molecule has 1 heterocycles. The molecule has 0 aliphatic carbocycles. The fourth-order valence-corrected chi connectivity index (χ4v) is 2.51. The lowest BCUT2D eigenvalue weighted by molar-refractivity contribution is 0.101. The van der Waals surface area contributed by atoms with Gasteiger partial charge in [-0.2, -0.15) is 0 Å². The summed E-state index contributed by atoms with van der Waals surface area (Å²) in [5.74, 6) is 1.01. The quantitative estimate of drug-likeness (QED) is 0.598. The molecule has 1 atom stereocenters.